The van der Waals surface area contributed by atoms with Crippen LogP contribution in [0.1, 0.15) is 93.7 Å². The summed E-state index contributed by atoms with van der Waals surface area (Å²) in [7, 11) is 0. The Morgan fingerprint density at radius 2 is 1.36 bits per heavy atom. The summed E-state index contributed by atoms with van der Waals surface area (Å²) in [6.07, 6.45) is 14.3. The molecule has 1 aliphatic carbocycles. The molecular weight excluding hydrogens is 470 g/mol. The number of rotatable bonds is 11. The molecule has 1 fully saturated rings. The third-order valence-electron chi connectivity index (χ3n) is 7.94. The molecule has 0 amide bonds. The van der Waals surface area contributed by atoms with Gasteiger partial charge in [-0.25, -0.2) is 8.78 Å². The minimum atomic E-state index is -0.500. The van der Waals surface area contributed by atoms with Crippen molar-refractivity contribution < 1.29 is 8.78 Å². The number of aryl methyl sites for hydroxylation is 2. The third-order valence-corrected chi connectivity index (χ3v) is 8.19. The van der Waals surface area contributed by atoms with Crippen molar-refractivity contribution in [2.24, 2.45) is 5.92 Å². The van der Waals surface area contributed by atoms with Crippen LogP contribution >= 0.6 is 11.6 Å². The molecule has 3 heteroatoms. The highest BCUT2D eigenvalue weighted by molar-refractivity contribution is 6.30. The molecular formula is C33H39ClF2. The van der Waals surface area contributed by atoms with Crippen molar-refractivity contribution in [1.82, 2.24) is 0 Å². The van der Waals surface area contributed by atoms with Crippen LogP contribution in [-0.4, -0.2) is 0 Å². The largest absolute Gasteiger partial charge is 0.206 e. The fraction of sp³-hybridized carbons (Fsp3) is 0.455. The summed E-state index contributed by atoms with van der Waals surface area (Å²) in [5, 5.41) is 0.552. The van der Waals surface area contributed by atoms with Gasteiger partial charge in [-0.1, -0.05) is 80.6 Å². The Hall–Kier alpha value is -2.19. The van der Waals surface area contributed by atoms with E-state index < -0.39 is 11.6 Å². The van der Waals surface area contributed by atoms with Gasteiger partial charge in [0.25, 0.3) is 0 Å². The molecule has 4 rings (SSSR count). The Labute approximate surface area is 221 Å². The van der Waals surface area contributed by atoms with Gasteiger partial charge in [-0.15, -0.1) is 0 Å². The summed E-state index contributed by atoms with van der Waals surface area (Å²) >= 11 is 5.91. The Morgan fingerprint density at radius 3 is 2.00 bits per heavy atom. The lowest BCUT2D eigenvalue weighted by Gasteiger charge is -2.29. The second-order valence-electron chi connectivity index (χ2n) is 10.6. The van der Waals surface area contributed by atoms with E-state index in [2.05, 4.69) is 31.2 Å². The summed E-state index contributed by atoms with van der Waals surface area (Å²) in [6, 6.07) is 19.0. The van der Waals surface area contributed by atoms with E-state index in [1.807, 2.05) is 0 Å². The Kier molecular flexibility index (Phi) is 9.98. The van der Waals surface area contributed by atoms with Crippen molar-refractivity contribution in [2.45, 2.75) is 89.9 Å². The maximum atomic E-state index is 14.8. The Morgan fingerprint density at radius 1 is 0.722 bits per heavy atom. The van der Waals surface area contributed by atoms with Crippen LogP contribution in [0.25, 0.3) is 11.1 Å². The van der Waals surface area contributed by atoms with Crippen LogP contribution in [0.3, 0.4) is 0 Å². The average Bonchev–Trinajstić information content (AvgIpc) is 2.89. The number of hydrogen-bond donors (Lipinski definition) is 0. The smallest absolute Gasteiger partial charge is 0.134 e. The minimum absolute atomic E-state index is 0.0263. The maximum absolute atomic E-state index is 14.8. The molecule has 3 aromatic carbocycles. The van der Waals surface area contributed by atoms with Gasteiger partial charge in [0.15, 0.2) is 0 Å². The lowest BCUT2D eigenvalue weighted by atomic mass is 9.76. The summed E-state index contributed by atoms with van der Waals surface area (Å²) in [5.41, 5.74) is 4.23. The molecule has 0 bridgehead atoms. The van der Waals surface area contributed by atoms with E-state index >= 15 is 0 Å². The van der Waals surface area contributed by atoms with Gasteiger partial charge in [-0.05, 0) is 110 Å². The summed E-state index contributed by atoms with van der Waals surface area (Å²) in [5.74, 6) is 0.278. The molecule has 1 aliphatic rings. The first-order valence-electron chi connectivity index (χ1n) is 13.9. The highest BCUT2D eigenvalue weighted by Gasteiger charge is 2.23. The van der Waals surface area contributed by atoms with Crippen molar-refractivity contribution >= 4 is 11.6 Å². The zero-order chi connectivity index (χ0) is 25.3. The lowest BCUT2D eigenvalue weighted by Crippen LogP contribution is -2.14. The maximum Gasteiger partial charge on any atom is 0.134 e. The monoisotopic (exact) mass is 508 g/mol. The number of unbranched alkanes of at least 4 members (excludes halogenated alkanes) is 4. The van der Waals surface area contributed by atoms with E-state index in [1.165, 1.54) is 87.5 Å². The molecule has 0 atom stereocenters. The minimum Gasteiger partial charge on any atom is -0.206 e. The van der Waals surface area contributed by atoms with Gasteiger partial charge < -0.3 is 0 Å². The van der Waals surface area contributed by atoms with Crippen molar-refractivity contribution in [3.8, 4) is 11.1 Å². The SMILES string of the molecule is CCCCCCCc1ccc([C@H]2CC[C@H](CCc3cc(F)c(-c4ccc(Cl)cc4)c(F)c3)CC2)cc1. The number of hydrogen-bond acceptors (Lipinski definition) is 0. The van der Waals surface area contributed by atoms with Crippen LogP contribution < -0.4 is 0 Å². The van der Waals surface area contributed by atoms with E-state index in [1.54, 1.807) is 24.3 Å². The Bertz CT molecular complexity index is 1060. The van der Waals surface area contributed by atoms with Crippen LogP contribution in [0, 0.1) is 17.6 Å². The second-order valence-corrected chi connectivity index (χ2v) is 11.0. The van der Waals surface area contributed by atoms with Crippen molar-refractivity contribution in [2.75, 3.05) is 0 Å². The molecule has 36 heavy (non-hydrogen) atoms. The van der Waals surface area contributed by atoms with Gasteiger partial charge in [0.05, 0.1) is 5.56 Å². The summed E-state index contributed by atoms with van der Waals surface area (Å²) < 4.78 is 29.6. The fourth-order valence-corrected chi connectivity index (χ4v) is 5.83. The van der Waals surface area contributed by atoms with E-state index in [-0.39, 0.29) is 5.56 Å². The van der Waals surface area contributed by atoms with Gasteiger partial charge in [-0.2, -0.15) is 0 Å². The molecule has 0 aliphatic heterocycles. The number of halogens is 3. The second kappa shape index (κ2) is 13.4. The first-order chi connectivity index (χ1) is 17.5. The summed E-state index contributed by atoms with van der Waals surface area (Å²) in [4.78, 5) is 0. The molecule has 0 nitrogen and oxygen atoms in total. The van der Waals surface area contributed by atoms with Crippen molar-refractivity contribution in [3.05, 3.63) is 94.0 Å². The quantitative estimate of drug-likeness (QED) is 0.226. The predicted octanol–water partition coefficient (Wildman–Crippen LogP) is 10.7. The van der Waals surface area contributed by atoms with Gasteiger partial charge in [0.1, 0.15) is 11.6 Å². The average molecular weight is 509 g/mol. The summed E-state index contributed by atoms with van der Waals surface area (Å²) in [6.45, 7) is 2.26. The van der Waals surface area contributed by atoms with Gasteiger partial charge in [0.2, 0.25) is 0 Å². The molecule has 0 unspecified atom stereocenters. The van der Waals surface area contributed by atoms with Crippen LogP contribution in [0.5, 0.6) is 0 Å². The zero-order valence-corrected chi connectivity index (χ0v) is 22.3. The molecule has 3 aromatic rings. The van der Waals surface area contributed by atoms with E-state index in [9.17, 15) is 8.78 Å². The standard InChI is InChI=1S/C33H39ClF2/c1-2-3-4-5-6-7-24-10-14-27(15-11-24)28-16-12-25(13-17-28)8-9-26-22-31(35)33(32(36)23-26)29-18-20-30(34)21-19-29/h10-11,14-15,18-23,25,28H,2-9,12-13,16-17H2,1H3/t25-,28-. The topological polar surface area (TPSA) is 0 Å². The Balaban J connectivity index is 1.24. The van der Waals surface area contributed by atoms with Crippen LogP contribution in [0.2, 0.25) is 5.02 Å². The van der Waals surface area contributed by atoms with Crippen molar-refractivity contribution in [3.63, 3.8) is 0 Å². The third kappa shape index (κ3) is 7.42. The van der Waals surface area contributed by atoms with E-state index in [0.717, 1.165) is 18.4 Å². The first kappa shape index (κ1) is 26.9. The zero-order valence-electron chi connectivity index (χ0n) is 21.5. The van der Waals surface area contributed by atoms with Gasteiger partial charge >= 0.3 is 0 Å². The molecule has 192 valence electrons. The van der Waals surface area contributed by atoms with E-state index in [0.29, 0.717) is 22.4 Å². The van der Waals surface area contributed by atoms with Crippen LogP contribution in [0.15, 0.2) is 60.7 Å². The first-order valence-corrected chi connectivity index (χ1v) is 14.2. The normalized spacial score (nSPS) is 17.9. The molecule has 0 saturated heterocycles. The molecule has 0 heterocycles. The number of benzene rings is 3. The van der Waals surface area contributed by atoms with Crippen molar-refractivity contribution in [1.29, 1.82) is 0 Å². The molecule has 0 aromatic heterocycles. The molecule has 0 spiro atoms. The highest BCUT2D eigenvalue weighted by Crippen LogP contribution is 2.38. The van der Waals surface area contributed by atoms with Gasteiger partial charge in [0, 0.05) is 5.02 Å². The van der Waals surface area contributed by atoms with Crippen LogP contribution in [-0.2, 0) is 12.8 Å². The van der Waals surface area contributed by atoms with E-state index in [4.69, 9.17) is 11.6 Å². The predicted molar refractivity (Wildman–Crippen MR) is 149 cm³/mol. The molecule has 0 radical (unpaired) electrons. The fourth-order valence-electron chi connectivity index (χ4n) is 5.71. The molecule has 1 saturated carbocycles. The highest BCUT2D eigenvalue weighted by atomic mass is 35.5. The molecule has 0 N–H and O–H groups in total. The van der Waals surface area contributed by atoms with Crippen LogP contribution in [0.4, 0.5) is 8.78 Å². The van der Waals surface area contributed by atoms with Gasteiger partial charge in [-0.3, -0.25) is 0 Å². The lowest BCUT2D eigenvalue weighted by molar-refractivity contribution is 0.310.